The Morgan fingerprint density at radius 3 is 2.43 bits per heavy atom. The summed E-state index contributed by atoms with van der Waals surface area (Å²) in [4.78, 5) is 35.6. The third kappa shape index (κ3) is 5.41. The summed E-state index contributed by atoms with van der Waals surface area (Å²) in [6.45, 7) is 7.83. The molecule has 2 aliphatic heterocycles. The zero-order chi connectivity index (χ0) is 31.4. The number of likely N-dealkylation sites (tertiary alicyclic amines) is 1. The van der Waals surface area contributed by atoms with Crippen LogP contribution in [0.15, 0.2) is 54.6 Å². The maximum atomic E-state index is 14.6. The van der Waals surface area contributed by atoms with Crippen LogP contribution in [-0.4, -0.2) is 52.4 Å². The van der Waals surface area contributed by atoms with Gasteiger partial charge in [-0.15, -0.1) is 0 Å². The highest BCUT2D eigenvalue weighted by Crippen LogP contribution is 2.48. The monoisotopic (exact) mass is 640 g/mol. The van der Waals surface area contributed by atoms with E-state index >= 15 is 0 Å². The number of carbonyl (C=O) groups is 2. The third-order valence-corrected chi connectivity index (χ3v) is 10.4. The molecule has 0 aliphatic carbocycles. The molecule has 2 aromatic carbocycles. The lowest BCUT2D eigenvalue weighted by Crippen LogP contribution is -2.49. The second-order valence-electron chi connectivity index (χ2n) is 12.6. The maximum Gasteiger partial charge on any atom is 0.255 e. The fourth-order valence-electron chi connectivity index (χ4n) is 6.12. The van der Waals surface area contributed by atoms with Gasteiger partial charge in [-0.3, -0.25) is 9.59 Å². The van der Waals surface area contributed by atoms with Crippen molar-refractivity contribution in [3.05, 3.63) is 99.6 Å². The summed E-state index contributed by atoms with van der Waals surface area (Å²) in [5, 5.41) is -0.278. The van der Waals surface area contributed by atoms with Gasteiger partial charge in [0.05, 0.1) is 17.6 Å². The van der Waals surface area contributed by atoms with Gasteiger partial charge in [0.25, 0.3) is 11.8 Å². The van der Waals surface area contributed by atoms with E-state index in [1.165, 1.54) is 41.3 Å². The molecule has 0 N–H and O–H groups in total. The molecule has 4 heterocycles. The van der Waals surface area contributed by atoms with Crippen LogP contribution in [0, 0.1) is 17.5 Å². The highest BCUT2D eigenvalue weighted by molar-refractivity contribution is 6.76. The van der Waals surface area contributed by atoms with Crippen LogP contribution in [0.2, 0.25) is 30.8 Å². The van der Waals surface area contributed by atoms with Crippen molar-refractivity contribution < 1.29 is 27.5 Å². The molecule has 2 amide bonds. The number of hydrogen-bond acceptors (Lipinski definition) is 4. The first-order valence-electron chi connectivity index (χ1n) is 14.5. The molecule has 12 heteroatoms. The fraction of sp³-hybridized carbons (Fsp3) is 0.344. The van der Waals surface area contributed by atoms with Crippen LogP contribution >= 0.6 is 11.6 Å². The number of aromatic nitrogens is 2. The molecule has 1 spiro atoms. The van der Waals surface area contributed by atoms with Crippen LogP contribution < -0.4 is 0 Å². The fourth-order valence-corrected chi connectivity index (χ4v) is 7.02. The number of ether oxygens (including phenoxy) is 1. The van der Waals surface area contributed by atoms with Gasteiger partial charge in [0.1, 0.15) is 18.4 Å². The number of benzene rings is 2. The van der Waals surface area contributed by atoms with Gasteiger partial charge in [0, 0.05) is 57.1 Å². The van der Waals surface area contributed by atoms with Gasteiger partial charge in [0.15, 0.2) is 16.5 Å². The minimum absolute atomic E-state index is 0.0434. The minimum atomic E-state index is -1.38. The lowest BCUT2D eigenvalue weighted by molar-refractivity contribution is -0.137. The van der Waals surface area contributed by atoms with Gasteiger partial charge in [-0.25, -0.2) is 18.2 Å². The zero-order valence-corrected chi connectivity index (χ0v) is 26.4. The molecule has 1 atom stereocenters. The van der Waals surface area contributed by atoms with E-state index in [0.717, 1.165) is 11.6 Å². The first-order valence-corrected chi connectivity index (χ1v) is 18.5. The van der Waals surface area contributed by atoms with Gasteiger partial charge in [-0.2, -0.15) is 0 Å². The summed E-state index contributed by atoms with van der Waals surface area (Å²) in [5.74, 6) is -2.43. The summed E-state index contributed by atoms with van der Waals surface area (Å²) in [5.41, 5.74) is 1.35. The standard InChI is InChI=1S/C32H32ClF3N4O3Si/c1-44(2,3)13-12-43-19-39-23(15-27-28(39)16-26(36)29(33)37-27)18-40-30(41)24-14-22(35)8-9-25(24)32(40)10-11-38(31(32)42)17-20-4-6-21(34)7-5-20/h4-9,14-16H,10-13,17-19H2,1-3H3/t32-/m0/s1. The molecule has 230 valence electrons. The summed E-state index contributed by atoms with van der Waals surface area (Å²) in [6, 6.07) is 13.8. The normalized spacial score (nSPS) is 18.3. The molecular weight excluding hydrogens is 609 g/mol. The first kappa shape index (κ1) is 30.4. The van der Waals surface area contributed by atoms with Crippen LogP contribution in [0.25, 0.3) is 11.0 Å². The average molecular weight is 641 g/mol. The molecule has 6 rings (SSSR count). The van der Waals surface area contributed by atoms with Gasteiger partial charge in [0.2, 0.25) is 0 Å². The summed E-state index contributed by atoms with van der Waals surface area (Å²) in [7, 11) is -1.38. The Balaban J connectivity index is 1.38. The second kappa shape index (κ2) is 11.4. The van der Waals surface area contributed by atoms with Crippen molar-refractivity contribution in [1.82, 2.24) is 19.4 Å². The van der Waals surface area contributed by atoms with Crippen molar-refractivity contribution in [1.29, 1.82) is 0 Å². The Hall–Kier alpha value is -3.67. The minimum Gasteiger partial charge on any atom is -0.361 e. The number of nitrogens with zero attached hydrogens (tertiary/aromatic N) is 4. The predicted molar refractivity (Wildman–Crippen MR) is 163 cm³/mol. The van der Waals surface area contributed by atoms with Crippen molar-refractivity contribution in [3.8, 4) is 0 Å². The molecule has 1 fully saturated rings. The summed E-state index contributed by atoms with van der Waals surface area (Å²) < 4.78 is 50.3. The van der Waals surface area contributed by atoms with Crippen LogP contribution in [-0.2, 0) is 34.9 Å². The van der Waals surface area contributed by atoms with Crippen molar-refractivity contribution in [2.24, 2.45) is 0 Å². The molecule has 0 saturated carbocycles. The topological polar surface area (TPSA) is 67.7 Å². The van der Waals surface area contributed by atoms with E-state index in [4.69, 9.17) is 16.3 Å². The number of hydrogen-bond donors (Lipinski definition) is 0. The van der Waals surface area contributed by atoms with Crippen molar-refractivity contribution >= 4 is 42.5 Å². The lowest BCUT2D eigenvalue weighted by Gasteiger charge is -2.34. The van der Waals surface area contributed by atoms with E-state index in [1.54, 1.807) is 27.7 Å². The SMILES string of the molecule is C[Si](C)(C)CCOCn1c(CN2C(=O)c3cc(F)ccc3[C@]23CCN(Cc2ccc(F)cc2)C3=O)cc2nc(Cl)c(F)cc21. The molecule has 44 heavy (non-hydrogen) atoms. The summed E-state index contributed by atoms with van der Waals surface area (Å²) in [6.07, 6.45) is 0.281. The van der Waals surface area contributed by atoms with E-state index in [9.17, 15) is 22.8 Å². The van der Waals surface area contributed by atoms with E-state index in [1.807, 2.05) is 0 Å². The van der Waals surface area contributed by atoms with E-state index < -0.39 is 31.2 Å². The van der Waals surface area contributed by atoms with Crippen molar-refractivity contribution in [2.45, 2.75) is 57.5 Å². The van der Waals surface area contributed by atoms with Gasteiger partial charge in [-0.05, 0) is 41.9 Å². The van der Waals surface area contributed by atoms with Gasteiger partial charge in [-0.1, -0.05) is 49.4 Å². The van der Waals surface area contributed by atoms with Crippen LogP contribution in [0.5, 0.6) is 0 Å². The molecule has 7 nitrogen and oxygen atoms in total. The van der Waals surface area contributed by atoms with Gasteiger partial charge < -0.3 is 19.1 Å². The highest BCUT2D eigenvalue weighted by Gasteiger charge is 2.59. The number of amides is 2. The smallest absolute Gasteiger partial charge is 0.255 e. The van der Waals surface area contributed by atoms with Gasteiger partial charge >= 0.3 is 0 Å². The van der Waals surface area contributed by atoms with Crippen LogP contribution in [0.1, 0.15) is 33.6 Å². The van der Waals surface area contributed by atoms with Crippen molar-refractivity contribution in [2.75, 3.05) is 13.2 Å². The Morgan fingerprint density at radius 2 is 1.70 bits per heavy atom. The molecule has 0 bridgehead atoms. The first-order chi connectivity index (χ1) is 20.9. The number of halogens is 4. The summed E-state index contributed by atoms with van der Waals surface area (Å²) >= 11 is 6.01. The Labute approximate surface area is 259 Å². The van der Waals surface area contributed by atoms with E-state index in [2.05, 4.69) is 24.6 Å². The zero-order valence-electron chi connectivity index (χ0n) is 24.7. The Morgan fingerprint density at radius 1 is 0.977 bits per heavy atom. The molecule has 0 unspecified atom stereocenters. The number of carbonyl (C=O) groups excluding carboxylic acids is 2. The molecular formula is C32H32ClF3N4O3Si. The number of pyridine rings is 1. The quantitative estimate of drug-likeness (QED) is 0.116. The predicted octanol–water partition coefficient (Wildman–Crippen LogP) is 6.70. The van der Waals surface area contributed by atoms with E-state index in [0.29, 0.717) is 35.4 Å². The molecule has 2 aliphatic rings. The lowest BCUT2D eigenvalue weighted by atomic mass is 9.87. The largest absolute Gasteiger partial charge is 0.361 e. The molecule has 4 aromatic rings. The molecule has 0 radical (unpaired) electrons. The second-order valence-corrected chi connectivity index (χ2v) is 18.6. The maximum absolute atomic E-state index is 14.6. The number of fused-ring (bicyclic) bond motifs is 3. The van der Waals surface area contributed by atoms with Crippen molar-refractivity contribution in [3.63, 3.8) is 0 Å². The highest BCUT2D eigenvalue weighted by atomic mass is 35.5. The average Bonchev–Trinajstić information content (AvgIpc) is 3.54. The third-order valence-electron chi connectivity index (χ3n) is 8.45. The van der Waals surface area contributed by atoms with E-state index in [-0.39, 0.29) is 48.7 Å². The van der Waals surface area contributed by atoms with Crippen LogP contribution in [0.3, 0.4) is 0 Å². The number of rotatable bonds is 9. The van der Waals surface area contributed by atoms with Crippen LogP contribution in [0.4, 0.5) is 13.2 Å². The Bertz CT molecular complexity index is 1780. The molecule has 2 aromatic heterocycles. The molecule has 1 saturated heterocycles. The Kier molecular flexibility index (Phi) is 7.83.